The summed E-state index contributed by atoms with van der Waals surface area (Å²) in [5.41, 5.74) is 15.6. The van der Waals surface area contributed by atoms with Crippen LogP contribution in [-0.4, -0.2) is 4.57 Å². The smallest absolute Gasteiger partial charge is 0.0537 e. The number of allylic oxidation sites excluding steroid dienone is 4. The Morgan fingerprint density at radius 3 is 1.93 bits per heavy atom. The number of aromatic nitrogens is 1. The molecular weight excluding hydrogens is 673 g/mol. The molecule has 54 heavy (non-hydrogen) atoms. The van der Waals surface area contributed by atoms with Crippen LogP contribution in [0, 0.1) is 0 Å². The Bertz CT molecular complexity index is 2960. The van der Waals surface area contributed by atoms with Gasteiger partial charge in [-0.3, -0.25) is 0 Å². The van der Waals surface area contributed by atoms with Gasteiger partial charge in [-0.15, -0.1) is 11.3 Å². The van der Waals surface area contributed by atoms with Crippen LogP contribution in [0.3, 0.4) is 0 Å². The molecule has 3 heteroatoms. The van der Waals surface area contributed by atoms with Gasteiger partial charge in [-0.05, 0) is 101 Å². The number of nitrogens with zero attached hydrogens (tertiary/aromatic N) is 2. The van der Waals surface area contributed by atoms with Crippen molar-refractivity contribution in [1.82, 2.24) is 4.57 Å². The maximum Gasteiger partial charge on any atom is 0.0537 e. The van der Waals surface area contributed by atoms with Crippen LogP contribution in [-0.2, 0) is 5.41 Å². The lowest BCUT2D eigenvalue weighted by atomic mass is 9.78. The molecule has 0 spiro atoms. The summed E-state index contributed by atoms with van der Waals surface area (Å²) in [6.07, 6.45) is 4.56. The normalized spacial score (nSPS) is 14.9. The standard InChI is InChI=1S/C51H38N2S/c1-51(2)45-30-28-36(53-47-20-9-6-15-40(47)41-16-7-10-21-48(41)53)31-44(45)39-29-27-37(32-46(39)51)52(34-13-4-3-5-14-34)35-25-23-33(24-26-35)38-18-12-19-43-42-17-8-11-22-49(42)54-50(38)43/h3-27,29,31-32H,28,30H2,1-2H3. The average molecular weight is 711 g/mol. The van der Waals surface area contributed by atoms with Gasteiger partial charge in [0, 0.05) is 59.1 Å². The second-order valence-corrected chi connectivity index (χ2v) is 16.3. The van der Waals surface area contributed by atoms with Crippen LogP contribution in [0.4, 0.5) is 17.1 Å². The van der Waals surface area contributed by atoms with E-state index in [4.69, 9.17) is 0 Å². The molecule has 0 bridgehead atoms. The van der Waals surface area contributed by atoms with Gasteiger partial charge >= 0.3 is 0 Å². The first-order chi connectivity index (χ1) is 26.5. The highest BCUT2D eigenvalue weighted by Gasteiger charge is 2.39. The molecule has 258 valence electrons. The number of hydrogen-bond donors (Lipinski definition) is 0. The van der Waals surface area contributed by atoms with Crippen molar-refractivity contribution in [2.75, 3.05) is 4.90 Å². The van der Waals surface area contributed by atoms with Crippen LogP contribution >= 0.6 is 11.3 Å². The zero-order valence-electron chi connectivity index (χ0n) is 30.4. The summed E-state index contributed by atoms with van der Waals surface area (Å²) < 4.78 is 5.19. The number of thiophene rings is 1. The first-order valence-corrected chi connectivity index (χ1v) is 19.8. The molecule has 0 radical (unpaired) electrons. The van der Waals surface area contributed by atoms with Gasteiger partial charge in [0.2, 0.25) is 0 Å². The first-order valence-electron chi connectivity index (χ1n) is 19.0. The Morgan fingerprint density at radius 2 is 1.17 bits per heavy atom. The summed E-state index contributed by atoms with van der Waals surface area (Å²) >= 11 is 1.89. The van der Waals surface area contributed by atoms with Gasteiger partial charge < -0.3 is 9.47 Å². The maximum absolute atomic E-state index is 2.51. The Hall–Kier alpha value is -6.16. The topological polar surface area (TPSA) is 8.17 Å². The van der Waals surface area contributed by atoms with Gasteiger partial charge in [0.1, 0.15) is 0 Å². The Kier molecular flexibility index (Phi) is 6.93. The van der Waals surface area contributed by atoms with Gasteiger partial charge in [-0.25, -0.2) is 0 Å². The predicted octanol–water partition coefficient (Wildman–Crippen LogP) is 14.7. The van der Waals surface area contributed by atoms with Crippen molar-refractivity contribution in [1.29, 1.82) is 0 Å². The third-order valence-electron chi connectivity index (χ3n) is 12.0. The van der Waals surface area contributed by atoms with Crippen molar-refractivity contribution in [2.24, 2.45) is 0 Å². The minimum Gasteiger partial charge on any atom is -0.313 e. The zero-order valence-corrected chi connectivity index (χ0v) is 31.2. The lowest BCUT2D eigenvalue weighted by molar-refractivity contribution is 0.607. The minimum atomic E-state index is -0.0708. The van der Waals surface area contributed by atoms with E-state index in [9.17, 15) is 0 Å². The van der Waals surface area contributed by atoms with Crippen LogP contribution < -0.4 is 4.90 Å². The van der Waals surface area contributed by atoms with E-state index < -0.39 is 0 Å². The SMILES string of the molecule is CC1(C)C2=C(C=C(n3c4ccccc4c4ccccc43)CC2)c2ccc(N(c3ccccc3)c3ccc(-c4cccc5c4sc4ccccc45)cc3)cc21. The molecule has 11 rings (SSSR count). The lowest BCUT2D eigenvalue weighted by Crippen LogP contribution is -2.19. The Morgan fingerprint density at radius 1 is 0.537 bits per heavy atom. The molecular formula is C51H38N2S. The van der Waals surface area contributed by atoms with E-state index in [1.165, 1.54) is 81.2 Å². The number of hydrogen-bond acceptors (Lipinski definition) is 2. The molecule has 2 aliphatic rings. The highest BCUT2D eigenvalue weighted by atomic mass is 32.1. The highest BCUT2D eigenvalue weighted by Crippen LogP contribution is 2.53. The molecule has 0 atom stereocenters. The molecule has 9 aromatic rings. The molecule has 2 aromatic heterocycles. The molecule has 0 unspecified atom stereocenters. The summed E-state index contributed by atoms with van der Waals surface area (Å²) in [6, 6.07) is 60.3. The van der Waals surface area contributed by atoms with Crippen LogP contribution in [0.15, 0.2) is 175 Å². The number of para-hydroxylation sites is 3. The van der Waals surface area contributed by atoms with Gasteiger partial charge in [0.25, 0.3) is 0 Å². The number of benzene rings is 7. The van der Waals surface area contributed by atoms with E-state index in [1.807, 2.05) is 11.3 Å². The van der Waals surface area contributed by atoms with Gasteiger partial charge in [0.15, 0.2) is 0 Å². The van der Waals surface area contributed by atoms with Gasteiger partial charge in [0.05, 0.1) is 11.0 Å². The van der Waals surface area contributed by atoms with E-state index in [0.717, 1.165) is 24.2 Å². The molecule has 0 aliphatic heterocycles. The Labute approximate surface area is 319 Å². The fourth-order valence-electron chi connectivity index (χ4n) is 9.39. The lowest BCUT2D eigenvalue weighted by Gasteiger charge is -2.29. The molecule has 0 saturated carbocycles. The fraction of sp³-hybridized carbons (Fsp3) is 0.0980. The summed E-state index contributed by atoms with van der Waals surface area (Å²) in [6.45, 7) is 4.85. The number of rotatable bonds is 5. The molecule has 0 amide bonds. The van der Waals surface area contributed by atoms with E-state index >= 15 is 0 Å². The van der Waals surface area contributed by atoms with Crippen molar-refractivity contribution in [3.63, 3.8) is 0 Å². The molecule has 0 N–H and O–H groups in total. The second-order valence-electron chi connectivity index (χ2n) is 15.3. The van der Waals surface area contributed by atoms with Crippen LogP contribution in [0.25, 0.3) is 64.4 Å². The van der Waals surface area contributed by atoms with Gasteiger partial charge in [-0.1, -0.05) is 129 Å². The maximum atomic E-state index is 2.51. The van der Waals surface area contributed by atoms with E-state index in [1.54, 1.807) is 5.57 Å². The largest absolute Gasteiger partial charge is 0.313 e. The van der Waals surface area contributed by atoms with Crippen molar-refractivity contribution in [3.8, 4) is 11.1 Å². The van der Waals surface area contributed by atoms with Crippen molar-refractivity contribution < 1.29 is 0 Å². The van der Waals surface area contributed by atoms with Crippen LogP contribution in [0.2, 0.25) is 0 Å². The monoisotopic (exact) mass is 710 g/mol. The summed E-state index contributed by atoms with van der Waals surface area (Å²) in [7, 11) is 0. The van der Waals surface area contributed by atoms with Crippen molar-refractivity contribution in [2.45, 2.75) is 32.1 Å². The quantitative estimate of drug-likeness (QED) is 0.173. The summed E-state index contributed by atoms with van der Waals surface area (Å²) in [4.78, 5) is 2.41. The molecule has 0 fully saturated rings. The van der Waals surface area contributed by atoms with Crippen molar-refractivity contribution >= 4 is 81.6 Å². The van der Waals surface area contributed by atoms with Crippen molar-refractivity contribution in [3.05, 3.63) is 187 Å². The average Bonchev–Trinajstić information content (AvgIpc) is 3.84. The Balaban J connectivity index is 1.00. The summed E-state index contributed by atoms with van der Waals surface area (Å²) in [5.74, 6) is 0. The third-order valence-corrected chi connectivity index (χ3v) is 13.2. The number of fused-ring (bicyclic) bond motifs is 8. The second kappa shape index (κ2) is 11.9. The summed E-state index contributed by atoms with van der Waals surface area (Å²) in [5, 5.41) is 5.30. The minimum absolute atomic E-state index is 0.0708. The molecule has 0 saturated heterocycles. The molecule has 7 aromatic carbocycles. The zero-order chi connectivity index (χ0) is 36.0. The van der Waals surface area contributed by atoms with Gasteiger partial charge in [-0.2, -0.15) is 0 Å². The van der Waals surface area contributed by atoms with Crippen LogP contribution in [0.5, 0.6) is 0 Å². The third kappa shape index (κ3) is 4.65. The molecule has 2 nitrogen and oxygen atoms in total. The molecule has 2 aliphatic carbocycles. The predicted molar refractivity (Wildman–Crippen MR) is 232 cm³/mol. The van der Waals surface area contributed by atoms with E-state index in [2.05, 4.69) is 193 Å². The van der Waals surface area contributed by atoms with E-state index in [0.29, 0.717) is 0 Å². The fourth-order valence-corrected chi connectivity index (χ4v) is 10.6. The highest BCUT2D eigenvalue weighted by molar-refractivity contribution is 7.26. The first kappa shape index (κ1) is 31.4. The number of anilines is 3. The van der Waals surface area contributed by atoms with E-state index in [-0.39, 0.29) is 5.41 Å². The molecule has 2 heterocycles. The van der Waals surface area contributed by atoms with Crippen LogP contribution in [0.1, 0.15) is 37.8 Å².